The van der Waals surface area contributed by atoms with Gasteiger partial charge in [-0.2, -0.15) is 0 Å². The van der Waals surface area contributed by atoms with Crippen molar-refractivity contribution in [2.45, 2.75) is 25.8 Å². The molecule has 1 aromatic carbocycles. The molecule has 0 aliphatic heterocycles. The number of ether oxygens (including phenoxy) is 2. The van der Waals surface area contributed by atoms with Gasteiger partial charge in [-0.25, -0.2) is 0 Å². The fraction of sp³-hybridized carbons (Fsp3) is 0.538. The zero-order valence-electron chi connectivity index (χ0n) is 10.1. The molecular weight excluding hydrogens is 202 g/mol. The van der Waals surface area contributed by atoms with Gasteiger partial charge in [0, 0.05) is 6.61 Å². The van der Waals surface area contributed by atoms with Gasteiger partial charge < -0.3 is 15.2 Å². The molecule has 1 unspecified atom stereocenters. The molecule has 16 heavy (non-hydrogen) atoms. The van der Waals surface area contributed by atoms with Crippen molar-refractivity contribution in [3.05, 3.63) is 29.8 Å². The highest BCUT2D eigenvalue weighted by Crippen LogP contribution is 2.16. The fourth-order valence-corrected chi connectivity index (χ4v) is 1.40. The zero-order valence-corrected chi connectivity index (χ0v) is 10.1. The van der Waals surface area contributed by atoms with Crippen LogP contribution in [0, 0.1) is 0 Å². The largest absolute Gasteiger partial charge is 0.497 e. The van der Waals surface area contributed by atoms with Crippen molar-refractivity contribution < 1.29 is 9.47 Å². The van der Waals surface area contributed by atoms with E-state index in [4.69, 9.17) is 15.2 Å². The maximum absolute atomic E-state index is 6.00. The fourth-order valence-electron chi connectivity index (χ4n) is 1.40. The molecule has 0 spiro atoms. The second-order valence-electron chi connectivity index (χ2n) is 3.81. The van der Waals surface area contributed by atoms with E-state index < -0.39 is 0 Å². The Hall–Kier alpha value is -1.06. The normalized spacial score (nSPS) is 12.4. The van der Waals surface area contributed by atoms with Crippen LogP contribution in [0.15, 0.2) is 24.3 Å². The molecule has 0 aromatic heterocycles. The third-order valence-electron chi connectivity index (χ3n) is 2.48. The van der Waals surface area contributed by atoms with Gasteiger partial charge in [-0.05, 0) is 24.1 Å². The molecule has 2 N–H and O–H groups in total. The Labute approximate surface area is 97.6 Å². The Kier molecular flexibility index (Phi) is 5.90. The molecule has 0 saturated carbocycles. The van der Waals surface area contributed by atoms with E-state index in [1.54, 1.807) is 7.11 Å². The van der Waals surface area contributed by atoms with E-state index in [-0.39, 0.29) is 6.04 Å². The molecule has 0 aliphatic rings. The number of unbranched alkanes of at least 4 members (excludes halogenated alkanes) is 1. The van der Waals surface area contributed by atoms with Crippen molar-refractivity contribution in [1.29, 1.82) is 0 Å². The third kappa shape index (κ3) is 4.21. The summed E-state index contributed by atoms with van der Waals surface area (Å²) in [7, 11) is 1.66. The molecule has 90 valence electrons. The van der Waals surface area contributed by atoms with Crippen LogP contribution in [0.4, 0.5) is 0 Å². The van der Waals surface area contributed by atoms with Crippen LogP contribution in [0.1, 0.15) is 31.4 Å². The first-order valence-corrected chi connectivity index (χ1v) is 5.75. The summed E-state index contributed by atoms with van der Waals surface area (Å²) >= 11 is 0. The lowest BCUT2D eigenvalue weighted by atomic mass is 10.1. The Balaban J connectivity index is 2.37. The van der Waals surface area contributed by atoms with Gasteiger partial charge in [-0.3, -0.25) is 0 Å². The van der Waals surface area contributed by atoms with E-state index in [1.165, 1.54) is 0 Å². The smallest absolute Gasteiger partial charge is 0.118 e. The second-order valence-corrected chi connectivity index (χ2v) is 3.81. The number of hydrogen-bond acceptors (Lipinski definition) is 3. The van der Waals surface area contributed by atoms with E-state index in [2.05, 4.69) is 6.92 Å². The van der Waals surface area contributed by atoms with E-state index >= 15 is 0 Å². The Morgan fingerprint density at radius 2 is 1.94 bits per heavy atom. The highest BCUT2D eigenvalue weighted by atomic mass is 16.5. The summed E-state index contributed by atoms with van der Waals surface area (Å²) in [4.78, 5) is 0. The topological polar surface area (TPSA) is 44.5 Å². The van der Waals surface area contributed by atoms with Crippen LogP contribution in [0.2, 0.25) is 0 Å². The SMILES string of the molecule is CCCCOCC(N)c1ccc(OC)cc1. The van der Waals surface area contributed by atoms with E-state index in [0.717, 1.165) is 30.8 Å². The average Bonchev–Trinajstić information content (AvgIpc) is 2.34. The minimum absolute atomic E-state index is 0.0530. The van der Waals surface area contributed by atoms with E-state index in [9.17, 15) is 0 Å². The summed E-state index contributed by atoms with van der Waals surface area (Å²) in [5.74, 6) is 0.850. The molecule has 3 nitrogen and oxygen atoms in total. The summed E-state index contributed by atoms with van der Waals surface area (Å²) in [6.45, 7) is 3.51. The van der Waals surface area contributed by atoms with Crippen LogP contribution in [0.3, 0.4) is 0 Å². The number of rotatable bonds is 7. The average molecular weight is 223 g/mol. The van der Waals surface area contributed by atoms with Crippen LogP contribution in [0.25, 0.3) is 0 Å². The molecule has 1 rings (SSSR count). The summed E-state index contributed by atoms with van der Waals surface area (Å²) in [6, 6.07) is 7.74. The molecule has 0 fully saturated rings. The minimum atomic E-state index is -0.0530. The number of benzene rings is 1. The van der Waals surface area contributed by atoms with Crippen molar-refractivity contribution in [1.82, 2.24) is 0 Å². The summed E-state index contributed by atoms with van der Waals surface area (Å²) < 4.78 is 10.6. The number of nitrogens with two attached hydrogens (primary N) is 1. The lowest BCUT2D eigenvalue weighted by Gasteiger charge is -2.12. The highest BCUT2D eigenvalue weighted by molar-refractivity contribution is 5.28. The predicted molar refractivity (Wildman–Crippen MR) is 65.6 cm³/mol. The van der Waals surface area contributed by atoms with E-state index in [0.29, 0.717) is 6.61 Å². The van der Waals surface area contributed by atoms with Crippen LogP contribution in [-0.4, -0.2) is 20.3 Å². The second kappa shape index (κ2) is 7.25. The van der Waals surface area contributed by atoms with Gasteiger partial charge in [0.25, 0.3) is 0 Å². The van der Waals surface area contributed by atoms with Crippen molar-refractivity contribution in [2.75, 3.05) is 20.3 Å². The Morgan fingerprint density at radius 3 is 2.50 bits per heavy atom. The lowest BCUT2D eigenvalue weighted by Crippen LogP contribution is -2.17. The first kappa shape index (κ1) is 13.0. The Morgan fingerprint density at radius 1 is 1.25 bits per heavy atom. The monoisotopic (exact) mass is 223 g/mol. The van der Waals surface area contributed by atoms with Gasteiger partial charge in [0.05, 0.1) is 19.8 Å². The standard InChI is InChI=1S/C13H21NO2/c1-3-4-9-16-10-13(14)11-5-7-12(15-2)8-6-11/h5-8,13H,3-4,9-10,14H2,1-2H3. The van der Waals surface area contributed by atoms with Crippen molar-refractivity contribution >= 4 is 0 Å². The van der Waals surface area contributed by atoms with Gasteiger partial charge in [-0.15, -0.1) is 0 Å². The van der Waals surface area contributed by atoms with Crippen molar-refractivity contribution in [3.63, 3.8) is 0 Å². The van der Waals surface area contributed by atoms with Gasteiger partial charge in [0.15, 0.2) is 0 Å². The summed E-state index contributed by atoms with van der Waals surface area (Å²) in [5.41, 5.74) is 7.08. The zero-order chi connectivity index (χ0) is 11.8. The quantitative estimate of drug-likeness (QED) is 0.722. The van der Waals surface area contributed by atoms with Gasteiger partial charge in [-0.1, -0.05) is 25.5 Å². The predicted octanol–water partition coefficient (Wildman–Crippen LogP) is 2.51. The molecule has 0 aliphatic carbocycles. The maximum atomic E-state index is 6.00. The number of methoxy groups -OCH3 is 1. The van der Waals surface area contributed by atoms with Crippen molar-refractivity contribution in [2.24, 2.45) is 5.73 Å². The summed E-state index contributed by atoms with van der Waals surface area (Å²) in [6.07, 6.45) is 2.24. The summed E-state index contributed by atoms with van der Waals surface area (Å²) in [5, 5.41) is 0. The molecule has 1 aromatic rings. The van der Waals surface area contributed by atoms with E-state index in [1.807, 2.05) is 24.3 Å². The lowest BCUT2D eigenvalue weighted by molar-refractivity contribution is 0.118. The van der Waals surface area contributed by atoms with Crippen molar-refractivity contribution in [3.8, 4) is 5.75 Å². The van der Waals surface area contributed by atoms with Gasteiger partial charge >= 0.3 is 0 Å². The molecule has 3 heteroatoms. The number of hydrogen-bond donors (Lipinski definition) is 1. The minimum Gasteiger partial charge on any atom is -0.497 e. The van der Waals surface area contributed by atoms with Crippen LogP contribution in [0.5, 0.6) is 5.75 Å². The first-order valence-electron chi connectivity index (χ1n) is 5.75. The highest BCUT2D eigenvalue weighted by Gasteiger charge is 2.05. The third-order valence-corrected chi connectivity index (χ3v) is 2.48. The molecular formula is C13H21NO2. The molecule has 0 amide bonds. The van der Waals surface area contributed by atoms with Crippen LogP contribution in [-0.2, 0) is 4.74 Å². The molecule has 0 bridgehead atoms. The van der Waals surface area contributed by atoms with Crippen LogP contribution >= 0.6 is 0 Å². The molecule has 0 radical (unpaired) electrons. The first-order chi connectivity index (χ1) is 7.77. The maximum Gasteiger partial charge on any atom is 0.118 e. The van der Waals surface area contributed by atoms with Gasteiger partial charge in [0.1, 0.15) is 5.75 Å². The van der Waals surface area contributed by atoms with Gasteiger partial charge in [0.2, 0.25) is 0 Å². The molecule has 1 atom stereocenters. The molecule has 0 saturated heterocycles. The Bertz CT molecular complexity index is 284. The molecule has 0 heterocycles. The van der Waals surface area contributed by atoms with Crippen LogP contribution < -0.4 is 10.5 Å².